The fourth-order valence-corrected chi connectivity index (χ4v) is 1.77. The SMILES string of the molecule is O=C(CCc1n[nH]c(=O)[nH]c1=O)NN=Cc1ccccc1Cl. The lowest BCUT2D eigenvalue weighted by molar-refractivity contribution is -0.121. The summed E-state index contributed by atoms with van der Waals surface area (Å²) < 4.78 is 0. The number of amides is 1. The predicted molar refractivity (Wildman–Crippen MR) is 81.0 cm³/mol. The van der Waals surface area contributed by atoms with Crippen molar-refractivity contribution in [2.24, 2.45) is 5.10 Å². The highest BCUT2D eigenvalue weighted by Gasteiger charge is 2.06. The van der Waals surface area contributed by atoms with Gasteiger partial charge in [0.1, 0.15) is 5.69 Å². The van der Waals surface area contributed by atoms with Crippen molar-refractivity contribution < 1.29 is 4.79 Å². The Morgan fingerprint density at radius 3 is 2.86 bits per heavy atom. The normalized spacial score (nSPS) is 10.8. The van der Waals surface area contributed by atoms with Crippen LogP contribution in [0, 0.1) is 0 Å². The van der Waals surface area contributed by atoms with Crippen LogP contribution < -0.4 is 16.7 Å². The van der Waals surface area contributed by atoms with Crippen LogP contribution >= 0.6 is 11.6 Å². The van der Waals surface area contributed by atoms with Gasteiger partial charge in [0.2, 0.25) is 5.91 Å². The zero-order valence-corrected chi connectivity index (χ0v) is 12.1. The molecule has 0 atom stereocenters. The molecule has 0 aliphatic carbocycles. The summed E-state index contributed by atoms with van der Waals surface area (Å²) >= 11 is 5.93. The smallest absolute Gasteiger partial charge is 0.273 e. The number of benzene rings is 1. The van der Waals surface area contributed by atoms with Gasteiger partial charge in [-0.05, 0) is 6.07 Å². The second kappa shape index (κ2) is 7.32. The van der Waals surface area contributed by atoms with Crippen molar-refractivity contribution in [3.63, 3.8) is 0 Å². The third kappa shape index (κ3) is 4.38. The van der Waals surface area contributed by atoms with Gasteiger partial charge in [-0.3, -0.25) is 14.6 Å². The van der Waals surface area contributed by atoms with Gasteiger partial charge in [0.15, 0.2) is 0 Å². The van der Waals surface area contributed by atoms with Crippen molar-refractivity contribution in [2.75, 3.05) is 0 Å². The van der Waals surface area contributed by atoms with Crippen LogP contribution in [-0.2, 0) is 11.2 Å². The van der Waals surface area contributed by atoms with Gasteiger partial charge in [-0.1, -0.05) is 29.8 Å². The van der Waals surface area contributed by atoms with Gasteiger partial charge in [-0.2, -0.15) is 10.2 Å². The molecule has 0 bridgehead atoms. The second-order valence-electron chi connectivity index (χ2n) is 4.27. The highest BCUT2D eigenvalue weighted by Crippen LogP contribution is 2.11. The molecule has 1 aromatic heterocycles. The molecule has 1 amide bonds. The highest BCUT2D eigenvalue weighted by molar-refractivity contribution is 6.33. The van der Waals surface area contributed by atoms with E-state index in [2.05, 4.69) is 20.7 Å². The minimum absolute atomic E-state index is 0.00197. The van der Waals surface area contributed by atoms with E-state index in [0.29, 0.717) is 10.6 Å². The molecule has 3 N–H and O–H groups in total. The van der Waals surface area contributed by atoms with Gasteiger partial charge >= 0.3 is 5.69 Å². The highest BCUT2D eigenvalue weighted by atomic mass is 35.5. The Morgan fingerprint density at radius 1 is 1.36 bits per heavy atom. The fraction of sp³-hybridized carbons (Fsp3) is 0.154. The van der Waals surface area contributed by atoms with Crippen LogP contribution in [0.15, 0.2) is 39.0 Å². The summed E-state index contributed by atoms with van der Waals surface area (Å²) in [7, 11) is 0. The number of aromatic amines is 2. The molecule has 0 unspecified atom stereocenters. The monoisotopic (exact) mass is 321 g/mol. The molecule has 2 rings (SSSR count). The lowest BCUT2D eigenvalue weighted by Gasteiger charge is -2.00. The summed E-state index contributed by atoms with van der Waals surface area (Å²) in [6, 6.07) is 7.04. The van der Waals surface area contributed by atoms with E-state index >= 15 is 0 Å². The standard InChI is InChI=1S/C13H12ClN5O3/c14-9-4-2-1-3-8(9)7-15-18-11(20)6-5-10-12(21)16-13(22)19-17-10/h1-4,7H,5-6H2,(H,18,20)(H2,16,19,21,22). The molecular weight excluding hydrogens is 310 g/mol. The number of nitrogens with one attached hydrogen (secondary N) is 3. The molecule has 1 heterocycles. The van der Waals surface area contributed by atoms with Crippen LogP contribution in [0.2, 0.25) is 5.02 Å². The first-order valence-corrected chi connectivity index (χ1v) is 6.68. The van der Waals surface area contributed by atoms with Gasteiger partial charge in [0, 0.05) is 23.4 Å². The number of nitrogens with zero attached hydrogens (tertiary/aromatic N) is 2. The van der Waals surface area contributed by atoms with Crippen LogP contribution in [0.3, 0.4) is 0 Å². The maximum Gasteiger partial charge on any atom is 0.342 e. The molecule has 9 heteroatoms. The zero-order valence-electron chi connectivity index (χ0n) is 11.3. The Labute approximate surface area is 129 Å². The van der Waals surface area contributed by atoms with Crippen LogP contribution in [0.5, 0.6) is 0 Å². The summed E-state index contributed by atoms with van der Waals surface area (Å²) in [5.41, 5.74) is 1.76. The minimum atomic E-state index is -0.692. The van der Waals surface area contributed by atoms with Gasteiger partial charge < -0.3 is 0 Å². The van der Waals surface area contributed by atoms with E-state index in [4.69, 9.17) is 11.6 Å². The first kappa shape index (κ1) is 15.6. The zero-order chi connectivity index (χ0) is 15.9. The van der Waals surface area contributed by atoms with Crippen LogP contribution in [-0.4, -0.2) is 27.3 Å². The lowest BCUT2D eigenvalue weighted by atomic mass is 10.2. The third-order valence-electron chi connectivity index (χ3n) is 2.67. The largest absolute Gasteiger partial charge is 0.342 e. The van der Waals surface area contributed by atoms with Crippen molar-refractivity contribution in [1.29, 1.82) is 0 Å². The molecule has 0 aliphatic rings. The quantitative estimate of drug-likeness (QED) is 0.538. The Hall–Kier alpha value is -2.74. The Morgan fingerprint density at radius 2 is 2.14 bits per heavy atom. The van der Waals surface area contributed by atoms with E-state index in [-0.39, 0.29) is 18.5 Å². The van der Waals surface area contributed by atoms with Crippen molar-refractivity contribution in [1.82, 2.24) is 20.6 Å². The van der Waals surface area contributed by atoms with Crippen molar-refractivity contribution >= 4 is 23.7 Å². The number of carbonyl (C=O) groups is 1. The summed E-state index contributed by atoms with van der Waals surface area (Å²) in [5.74, 6) is -0.393. The van der Waals surface area contributed by atoms with Crippen molar-refractivity contribution in [3.8, 4) is 0 Å². The van der Waals surface area contributed by atoms with E-state index in [1.54, 1.807) is 24.3 Å². The average molecular weight is 322 g/mol. The summed E-state index contributed by atoms with van der Waals surface area (Å²) in [6.07, 6.45) is 1.51. The van der Waals surface area contributed by atoms with Crippen molar-refractivity contribution in [3.05, 3.63) is 61.4 Å². The second-order valence-corrected chi connectivity index (χ2v) is 4.68. The first-order chi connectivity index (χ1) is 10.6. The Kier molecular flexibility index (Phi) is 5.21. The molecule has 22 heavy (non-hydrogen) atoms. The number of hydrazone groups is 1. The first-order valence-electron chi connectivity index (χ1n) is 6.30. The number of aryl methyl sites for hydroxylation is 1. The van der Waals surface area contributed by atoms with E-state index in [1.807, 2.05) is 4.98 Å². The van der Waals surface area contributed by atoms with E-state index < -0.39 is 17.2 Å². The lowest BCUT2D eigenvalue weighted by Crippen LogP contribution is -2.28. The molecule has 1 aromatic carbocycles. The summed E-state index contributed by atoms with van der Waals surface area (Å²) in [6.45, 7) is 0. The Bertz CT molecular complexity index is 812. The maximum absolute atomic E-state index is 11.6. The number of halogens is 1. The van der Waals surface area contributed by atoms with Gasteiger partial charge in [0.25, 0.3) is 5.56 Å². The number of rotatable bonds is 5. The third-order valence-corrected chi connectivity index (χ3v) is 3.01. The Balaban J connectivity index is 1.87. The fourth-order valence-electron chi connectivity index (χ4n) is 1.58. The molecule has 0 fully saturated rings. The molecule has 0 spiro atoms. The number of aromatic nitrogens is 3. The molecule has 114 valence electrons. The number of hydrogen-bond donors (Lipinski definition) is 3. The summed E-state index contributed by atoms with van der Waals surface area (Å²) in [4.78, 5) is 35.8. The van der Waals surface area contributed by atoms with Gasteiger partial charge in [-0.15, -0.1) is 0 Å². The van der Waals surface area contributed by atoms with Crippen LogP contribution in [0.1, 0.15) is 17.7 Å². The van der Waals surface area contributed by atoms with E-state index in [0.717, 1.165) is 0 Å². The van der Waals surface area contributed by atoms with E-state index in [9.17, 15) is 14.4 Å². The molecule has 0 radical (unpaired) electrons. The van der Waals surface area contributed by atoms with Gasteiger partial charge in [-0.25, -0.2) is 15.3 Å². The van der Waals surface area contributed by atoms with Gasteiger partial charge in [0.05, 0.1) is 6.21 Å². The van der Waals surface area contributed by atoms with Crippen LogP contribution in [0.4, 0.5) is 0 Å². The average Bonchev–Trinajstić information content (AvgIpc) is 2.48. The molecule has 2 aromatic rings. The maximum atomic E-state index is 11.6. The number of H-pyrrole nitrogens is 2. The summed E-state index contributed by atoms with van der Waals surface area (Å²) in [5, 5.41) is 9.97. The van der Waals surface area contributed by atoms with E-state index in [1.165, 1.54) is 6.21 Å². The minimum Gasteiger partial charge on any atom is -0.273 e. The predicted octanol–water partition coefficient (Wildman–Crippen LogP) is 0.195. The molecule has 8 nitrogen and oxygen atoms in total. The number of carbonyl (C=O) groups excluding carboxylic acids is 1. The van der Waals surface area contributed by atoms with Crippen molar-refractivity contribution in [2.45, 2.75) is 12.8 Å². The topological polar surface area (TPSA) is 120 Å². The van der Waals surface area contributed by atoms with Crippen LogP contribution in [0.25, 0.3) is 0 Å². The molecule has 0 saturated heterocycles. The molecular formula is C13H12ClN5O3. The molecule has 0 aliphatic heterocycles. The number of hydrogen-bond acceptors (Lipinski definition) is 5. The molecule has 0 saturated carbocycles.